The number of carbonyl (C=O) groups is 3. The lowest BCUT2D eigenvalue weighted by Crippen LogP contribution is -2.43. The molecule has 0 saturated carbocycles. The van der Waals surface area contributed by atoms with Gasteiger partial charge in [0.15, 0.2) is 0 Å². The van der Waals surface area contributed by atoms with E-state index in [0.717, 1.165) is 24.4 Å². The summed E-state index contributed by atoms with van der Waals surface area (Å²) < 4.78 is 9.27. The van der Waals surface area contributed by atoms with Crippen LogP contribution in [0.1, 0.15) is 35.1 Å². The SMILES string of the molecule is CCOc1ccccc1NC(=O)C(=O)NCC1CCN(C(=O)c2snnc2C)CC1. The third-order valence-electron chi connectivity index (χ3n) is 4.94. The van der Waals surface area contributed by atoms with Gasteiger partial charge in [0.2, 0.25) is 0 Å². The van der Waals surface area contributed by atoms with Crippen molar-refractivity contribution in [3.05, 3.63) is 34.8 Å². The molecule has 10 heteroatoms. The number of hydrogen-bond acceptors (Lipinski definition) is 7. The van der Waals surface area contributed by atoms with Crippen LogP contribution in [0.2, 0.25) is 0 Å². The highest BCUT2D eigenvalue weighted by Gasteiger charge is 2.27. The highest BCUT2D eigenvalue weighted by atomic mass is 32.1. The fourth-order valence-corrected chi connectivity index (χ4v) is 3.88. The maximum absolute atomic E-state index is 12.5. The third-order valence-corrected chi connectivity index (χ3v) is 5.76. The van der Waals surface area contributed by atoms with E-state index in [1.54, 1.807) is 36.1 Å². The minimum atomic E-state index is -0.733. The van der Waals surface area contributed by atoms with E-state index in [4.69, 9.17) is 4.74 Å². The van der Waals surface area contributed by atoms with Gasteiger partial charge in [-0.25, -0.2) is 0 Å². The molecule has 3 amide bonds. The number of amides is 3. The molecule has 3 rings (SSSR count). The standard InChI is InChI=1S/C20H25N5O4S/c1-3-29-16-7-5-4-6-15(16)22-19(27)18(26)21-12-14-8-10-25(11-9-14)20(28)17-13(2)23-24-30-17/h4-7,14H,3,8-12H2,1-2H3,(H,21,26)(H,22,27). The molecular weight excluding hydrogens is 406 g/mol. The van der Waals surface area contributed by atoms with E-state index in [0.29, 0.717) is 48.2 Å². The number of ether oxygens (including phenoxy) is 1. The topological polar surface area (TPSA) is 114 Å². The number of aryl methyl sites for hydroxylation is 1. The van der Waals surface area contributed by atoms with Gasteiger partial charge in [0, 0.05) is 19.6 Å². The van der Waals surface area contributed by atoms with Crippen LogP contribution in [0.3, 0.4) is 0 Å². The first-order valence-electron chi connectivity index (χ1n) is 9.88. The number of carbonyl (C=O) groups excluding carboxylic acids is 3. The van der Waals surface area contributed by atoms with Crippen LogP contribution in [-0.2, 0) is 9.59 Å². The summed E-state index contributed by atoms with van der Waals surface area (Å²) in [5.41, 5.74) is 1.11. The van der Waals surface area contributed by atoms with Crippen molar-refractivity contribution in [1.82, 2.24) is 19.8 Å². The van der Waals surface area contributed by atoms with Gasteiger partial charge < -0.3 is 20.3 Å². The number of para-hydroxylation sites is 2. The smallest absolute Gasteiger partial charge is 0.313 e. The summed E-state index contributed by atoms with van der Waals surface area (Å²) in [7, 11) is 0. The molecule has 1 aliphatic heterocycles. The summed E-state index contributed by atoms with van der Waals surface area (Å²) in [5.74, 6) is -0.738. The van der Waals surface area contributed by atoms with E-state index in [2.05, 4.69) is 20.2 Å². The van der Waals surface area contributed by atoms with Gasteiger partial charge in [-0.15, -0.1) is 5.10 Å². The van der Waals surface area contributed by atoms with Crippen molar-refractivity contribution in [3.8, 4) is 5.75 Å². The van der Waals surface area contributed by atoms with E-state index >= 15 is 0 Å². The zero-order valence-corrected chi connectivity index (χ0v) is 17.8. The van der Waals surface area contributed by atoms with Gasteiger partial charge >= 0.3 is 11.8 Å². The molecule has 2 aromatic rings. The van der Waals surface area contributed by atoms with E-state index in [9.17, 15) is 14.4 Å². The molecule has 1 fully saturated rings. The summed E-state index contributed by atoms with van der Waals surface area (Å²) >= 11 is 1.11. The molecule has 0 spiro atoms. The lowest BCUT2D eigenvalue weighted by molar-refractivity contribution is -0.136. The second-order valence-corrected chi connectivity index (χ2v) is 7.77. The Kier molecular flexibility index (Phi) is 7.34. The first kappa shape index (κ1) is 21.7. The Hall–Kier alpha value is -3.01. The third kappa shape index (κ3) is 5.32. The van der Waals surface area contributed by atoms with Crippen molar-refractivity contribution in [1.29, 1.82) is 0 Å². The van der Waals surface area contributed by atoms with Crippen molar-refractivity contribution in [2.24, 2.45) is 5.92 Å². The largest absolute Gasteiger partial charge is 0.492 e. The summed E-state index contributed by atoms with van der Waals surface area (Å²) in [5, 5.41) is 9.16. The first-order valence-corrected chi connectivity index (χ1v) is 10.7. The van der Waals surface area contributed by atoms with Crippen molar-refractivity contribution in [2.45, 2.75) is 26.7 Å². The second kappa shape index (κ2) is 10.1. The van der Waals surface area contributed by atoms with Gasteiger partial charge in [-0.1, -0.05) is 16.6 Å². The molecule has 0 aliphatic carbocycles. The molecule has 0 atom stereocenters. The molecule has 2 heterocycles. The summed E-state index contributed by atoms with van der Waals surface area (Å²) in [6.45, 7) is 5.67. The summed E-state index contributed by atoms with van der Waals surface area (Å²) in [6.07, 6.45) is 1.51. The monoisotopic (exact) mass is 431 g/mol. The first-order chi connectivity index (χ1) is 14.5. The lowest BCUT2D eigenvalue weighted by atomic mass is 9.96. The molecule has 160 valence electrons. The molecule has 2 N–H and O–H groups in total. The Morgan fingerprint density at radius 3 is 2.60 bits per heavy atom. The Bertz CT molecular complexity index is 908. The zero-order valence-electron chi connectivity index (χ0n) is 17.0. The van der Waals surface area contributed by atoms with Crippen molar-refractivity contribution >= 4 is 34.9 Å². The van der Waals surface area contributed by atoms with Gasteiger partial charge in [-0.2, -0.15) is 0 Å². The normalized spacial score (nSPS) is 14.3. The second-order valence-electron chi connectivity index (χ2n) is 7.02. The average molecular weight is 432 g/mol. The highest BCUT2D eigenvalue weighted by Crippen LogP contribution is 2.24. The van der Waals surface area contributed by atoms with E-state index in [1.807, 2.05) is 6.92 Å². The number of likely N-dealkylation sites (tertiary alicyclic amines) is 1. The lowest BCUT2D eigenvalue weighted by Gasteiger charge is -2.31. The number of hydrogen-bond donors (Lipinski definition) is 2. The van der Waals surface area contributed by atoms with Crippen molar-refractivity contribution in [2.75, 3.05) is 31.6 Å². The average Bonchev–Trinajstić information content (AvgIpc) is 3.19. The minimum Gasteiger partial charge on any atom is -0.492 e. The van der Waals surface area contributed by atoms with Crippen LogP contribution in [0.25, 0.3) is 0 Å². The molecule has 1 saturated heterocycles. The Balaban J connectivity index is 1.44. The van der Waals surface area contributed by atoms with Crippen LogP contribution in [-0.4, -0.2) is 58.4 Å². The number of nitrogens with zero attached hydrogens (tertiary/aromatic N) is 3. The van der Waals surface area contributed by atoms with Gasteiger partial charge in [-0.3, -0.25) is 14.4 Å². The number of aromatic nitrogens is 2. The van der Waals surface area contributed by atoms with Gasteiger partial charge in [-0.05, 0) is 56.3 Å². The molecule has 1 aromatic heterocycles. The molecule has 0 radical (unpaired) electrons. The number of piperidine rings is 1. The molecule has 1 aromatic carbocycles. The fraction of sp³-hybridized carbons (Fsp3) is 0.450. The summed E-state index contributed by atoms with van der Waals surface area (Å²) in [4.78, 5) is 39.3. The number of nitrogens with one attached hydrogen (secondary N) is 2. The van der Waals surface area contributed by atoms with Crippen LogP contribution in [0.5, 0.6) is 5.75 Å². The highest BCUT2D eigenvalue weighted by molar-refractivity contribution is 7.07. The maximum atomic E-state index is 12.5. The van der Waals surface area contributed by atoms with Gasteiger partial charge in [0.25, 0.3) is 5.91 Å². The van der Waals surface area contributed by atoms with E-state index < -0.39 is 11.8 Å². The predicted octanol–water partition coefficient (Wildman–Crippen LogP) is 1.85. The predicted molar refractivity (Wildman–Crippen MR) is 113 cm³/mol. The van der Waals surface area contributed by atoms with Crippen LogP contribution in [0.4, 0.5) is 5.69 Å². The molecule has 0 unspecified atom stereocenters. The number of rotatable bonds is 6. The van der Waals surface area contributed by atoms with Crippen LogP contribution < -0.4 is 15.4 Å². The molecule has 9 nitrogen and oxygen atoms in total. The van der Waals surface area contributed by atoms with Gasteiger partial charge in [0.05, 0.1) is 18.0 Å². The van der Waals surface area contributed by atoms with Crippen molar-refractivity contribution < 1.29 is 19.1 Å². The Labute approximate surface area is 179 Å². The van der Waals surface area contributed by atoms with Gasteiger partial charge in [0.1, 0.15) is 10.6 Å². The summed E-state index contributed by atoms with van der Waals surface area (Å²) in [6, 6.07) is 6.97. The van der Waals surface area contributed by atoms with E-state index in [-0.39, 0.29) is 11.8 Å². The molecule has 1 aliphatic rings. The maximum Gasteiger partial charge on any atom is 0.313 e. The van der Waals surface area contributed by atoms with E-state index in [1.165, 1.54) is 0 Å². The molecular formula is C20H25N5O4S. The Morgan fingerprint density at radius 1 is 1.20 bits per heavy atom. The quantitative estimate of drug-likeness (QED) is 0.675. The minimum absolute atomic E-state index is 0.0441. The zero-order chi connectivity index (χ0) is 21.5. The van der Waals surface area contributed by atoms with Crippen molar-refractivity contribution in [3.63, 3.8) is 0 Å². The van der Waals surface area contributed by atoms with Crippen LogP contribution in [0.15, 0.2) is 24.3 Å². The number of benzene rings is 1. The van der Waals surface area contributed by atoms with Crippen LogP contribution in [0, 0.1) is 12.8 Å². The fourth-order valence-electron chi connectivity index (χ4n) is 3.26. The molecule has 0 bridgehead atoms. The molecule has 30 heavy (non-hydrogen) atoms. The number of anilines is 1. The van der Waals surface area contributed by atoms with Crippen LogP contribution >= 0.6 is 11.5 Å². The Morgan fingerprint density at radius 2 is 1.93 bits per heavy atom.